The van der Waals surface area contributed by atoms with Crippen molar-refractivity contribution in [1.29, 1.82) is 0 Å². The van der Waals surface area contributed by atoms with Crippen LogP contribution < -0.4 is 19.7 Å². The molecule has 3 aromatic rings. The summed E-state index contributed by atoms with van der Waals surface area (Å²) in [7, 11) is 2.73. The fraction of sp³-hybridized carbons (Fsp3) is 0.154. The van der Waals surface area contributed by atoms with Crippen LogP contribution in [0, 0.1) is 6.92 Å². The van der Waals surface area contributed by atoms with Gasteiger partial charge in [-0.3, -0.25) is 19.8 Å². The molecule has 0 saturated carbocycles. The number of rotatable bonds is 7. The Balaban J connectivity index is 1.57. The predicted molar refractivity (Wildman–Crippen MR) is 142 cm³/mol. The fourth-order valence-electron chi connectivity index (χ4n) is 3.62. The van der Waals surface area contributed by atoms with Gasteiger partial charge in [-0.1, -0.05) is 22.0 Å². The number of aryl methyl sites for hydroxylation is 1. The lowest BCUT2D eigenvalue weighted by Gasteiger charge is -2.30. The second kappa shape index (κ2) is 11.0. The van der Waals surface area contributed by atoms with Gasteiger partial charge in [0.1, 0.15) is 17.9 Å². The largest absolute Gasteiger partial charge is 0.493 e. The van der Waals surface area contributed by atoms with Crippen LogP contribution in [0.5, 0.6) is 11.5 Å². The van der Waals surface area contributed by atoms with Crippen molar-refractivity contribution < 1.29 is 33.0 Å². The normalized spacial score (nSPS) is 14.5. The number of benzene rings is 2. The zero-order valence-electron chi connectivity index (χ0n) is 20.0. The van der Waals surface area contributed by atoms with Gasteiger partial charge in [0.05, 0.1) is 19.9 Å². The van der Waals surface area contributed by atoms with E-state index >= 15 is 0 Å². The number of methoxy groups -OCH3 is 2. The molecule has 1 N–H and O–H groups in total. The van der Waals surface area contributed by atoms with E-state index in [0.717, 1.165) is 10.0 Å². The number of nitrogens with one attached hydrogen (secondary N) is 1. The molecule has 4 rings (SSSR count). The highest BCUT2D eigenvalue weighted by atomic mass is 79.9. The number of ether oxygens (including phenoxy) is 3. The van der Waals surface area contributed by atoms with Crippen LogP contribution in [0.2, 0.25) is 0 Å². The molecule has 0 radical (unpaired) electrons. The maximum Gasteiger partial charge on any atom is 0.373 e. The molecule has 11 heteroatoms. The van der Waals surface area contributed by atoms with Crippen LogP contribution in [0.25, 0.3) is 6.08 Å². The molecule has 0 aliphatic carbocycles. The molecular formula is C26H21BrN2O7S. The van der Waals surface area contributed by atoms with Crippen LogP contribution in [-0.2, 0) is 20.9 Å². The highest BCUT2D eigenvalue weighted by Gasteiger charge is 2.35. The van der Waals surface area contributed by atoms with E-state index in [4.69, 9.17) is 26.1 Å². The van der Waals surface area contributed by atoms with Crippen molar-refractivity contribution in [3.8, 4) is 11.5 Å². The number of esters is 1. The van der Waals surface area contributed by atoms with Crippen LogP contribution in [0.3, 0.4) is 0 Å². The lowest BCUT2D eigenvalue weighted by atomic mass is 10.1. The van der Waals surface area contributed by atoms with Gasteiger partial charge in [-0.15, -0.1) is 0 Å². The van der Waals surface area contributed by atoms with Crippen molar-refractivity contribution in [3.05, 3.63) is 81.2 Å². The molecule has 2 heterocycles. The highest BCUT2D eigenvalue weighted by molar-refractivity contribution is 9.10. The molecule has 1 fully saturated rings. The summed E-state index contributed by atoms with van der Waals surface area (Å²) in [6.07, 6.45) is 1.46. The Bertz CT molecular complexity index is 1450. The molecule has 0 atom stereocenters. The Hall–Kier alpha value is -3.96. The summed E-state index contributed by atoms with van der Waals surface area (Å²) >= 11 is 8.69. The zero-order valence-corrected chi connectivity index (χ0v) is 22.4. The van der Waals surface area contributed by atoms with E-state index in [2.05, 4.69) is 26.0 Å². The number of hydrogen-bond donors (Lipinski definition) is 1. The third kappa shape index (κ3) is 5.57. The Morgan fingerprint density at radius 2 is 1.89 bits per heavy atom. The third-order valence-corrected chi connectivity index (χ3v) is 6.20. The molecule has 0 spiro atoms. The van der Waals surface area contributed by atoms with Crippen LogP contribution in [0.1, 0.15) is 27.4 Å². The zero-order chi connectivity index (χ0) is 26.7. The molecule has 1 aliphatic heterocycles. The maximum atomic E-state index is 13.3. The quantitative estimate of drug-likeness (QED) is 0.186. The van der Waals surface area contributed by atoms with Gasteiger partial charge in [0, 0.05) is 4.47 Å². The van der Waals surface area contributed by atoms with Crippen LogP contribution in [0.15, 0.2) is 63.0 Å². The van der Waals surface area contributed by atoms with E-state index in [1.807, 2.05) is 13.0 Å². The van der Waals surface area contributed by atoms with Crippen LogP contribution in [0.4, 0.5) is 5.69 Å². The van der Waals surface area contributed by atoms with Gasteiger partial charge < -0.3 is 18.6 Å². The van der Waals surface area contributed by atoms with Crippen molar-refractivity contribution in [3.63, 3.8) is 0 Å². The highest BCUT2D eigenvalue weighted by Crippen LogP contribution is 2.31. The molecule has 2 amide bonds. The summed E-state index contributed by atoms with van der Waals surface area (Å²) in [5.41, 5.74) is 1.82. The molecular weight excluding hydrogens is 564 g/mol. The summed E-state index contributed by atoms with van der Waals surface area (Å²) < 4.78 is 22.1. The molecule has 37 heavy (non-hydrogen) atoms. The van der Waals surface area contributed by atoms with Gasteiger partial charge >= 0.3 is 5.97 Å². The number of hydrogen-bond acceptors (Lipinski definition) is 8. The van der Waals surface area contributed by atoms with Gasteiger partial charge in [0.2, 0.25) is 5.76 Å². The van der Waals surface area contributed by atoms with Gasteiger partial charge in [0.15, 0.2) is 16.6 Å². The monoisotopic (exact) mass is 584 g/mol. The van der Waals surface area contributed by atoms with Gasteiger partial charge in [0.25, 0.3) is 11.8 Å². The van der Waals surface area contributed by atoms with Gasteiger partial charge in [-0.2, -0.15) is 0 Å². The van der Waals surface area contributed by atoms with E-state index in [0.29, 0.717) is 28.5 Å². The maximum absolute atomic E-state index is 13.3. The Morgan fingerprint density at radius 3 is 2.59 bits per heavy atom. The molecule has 9 nitrogen and oxygen atoms in total. The smallest absolute Gasteiger partial charge is 0.373 e. The summed E-state index contributed by atoms with van der Waals surface area (Å²) in [4.78, 5) is 38.9. The number of thiocarbonyl (C=S) groups is 1. The minimum atomic E-state index is -0.598. The minimum Gasteiger partial charge on any atom is -0.493 e. The van der Waals surface area contributed by atoms with E-state index in [9.17, 15) is 14.4 Å². The number of halogens is 1. The summed E-state index contributed by atoms with van der Waals surface area (Å²) in [6.45, 7) is 1.88. The topological polar surface area (TPSA) is 107 Å². The average molecular weight is 585 g/mol. The summed E-state index contributed by atoms with van der Waals surface area (Å²) in [5, 5.41) is 2.59. The first kappa shape index (κ1) is 26.1. The van der Waals surface area contributed by atoms with E-state index in [1.54, 1.807) is 36.4 Å². The Labute approximate surface area is 226 Å². The van der Waals surface area contributed by atoms with Gasteiger partial charge in [-0.05, 0) is 78.8 Å². The van der Waals surface area contributed by atoms with Crippen molar-refractivity contribution in [1.82, 2.24) is 5.32 Å². The predicted octanol–water partition coefficient (Wildman–Crippen LogP) is 4.56. The molecule has 1 saturated heterocycles. The van der Waals surface area contributed by atoms with Crippen LogP contribution in [-0.4, -0.2) is 37.1 Å². The van der Waals surface area contributed by atoms with Crippen molar-refractivity contribution in [2.45, 2.75) is 13.5 Å². The van der Waals surface area contributed by atoms with E-state index < -0.39 is 17.8 Å². The third-order valence-electron chi connectivity index (χ3n) is 5.42. The van der Waals surface area contributed by atoms with E-state index in [-0.39, 0.29) is 23.1 Å². The Kier molecular flexibility index (Phi) is 7.74. The molecule has 1 aromatic heterocycles. The van der Waals surface area contributed by atoms with Gasteiger partial charge in [-0.25, -0.2) is 4.79 Å². The SMILES string of the molecule is COC(=O)c1ccc(COc2ccc(/C=C3/C(=O)NC(=S)N(c4ccc(Br)cc4C)C3=O)cc2OC)o1. The molecule has 1 aliphatic rings. The molecule has 0 bridgehead atoms. The first-order chi connectivity index (χ1) is 17.7. The second-order valence-corrected chi connectivity index (χ2v) is 9.15. The first-order valence-corrected chi connectivity index (χ1v) is 12.1. The standard InChI is InChI=1S/C26H21BrN2O7S/c1-14-10-16(27)5-7-19(14)29-24(31)18(23(30)28-26(29)37)11-15-4-8-20(22(12-15)33-2)35-13-17-6-9-21(36-17)25(32)34-3/h4-12H,13H2,1-3H3,(H,28,30,37)/b18-11-. The van der Waals surface area contributed by atoms with Crippen molar-refractivity contribution in [2.24, 2.45) is 0 Å². The fourth-order valence-corrected chi connectivity index (χ4v) is 4.37. The number of anilines is 1. The number of amides is 2. The summed E-state index contributed by atoms with van der Waals surface area (Å²) in [6, 6.07) is 13.4. The summed E-state index contributed by atoms with van der Waals surface area (Å²) in [5.74, 6) is -0.480. The van der Waals surface area contributed by atoms with Crippen molar-refractivity contribution >= 4 is 62.8 Å². The number of furan rings is 1. The molecule has 0 unspecified atom stereocenters. The first-order valence-electron chi connectivity index (χ1n) is 10.9. The Morgan fingerprint density at radius 1 is 1.11 bits per heavy atom. The number of carbonyl (C=O) groups is 3. The average Bonchev–Trinajstić information content (AvgIpc) is 3.35. The van der Waals surface area contributed by atoms with Crippen LogP contribution >= 0.6 is 28.1 Å². The molecule has 190 valence electrons. The molecule has 2 aromatic carbocycles. The number of nitrogens with zero attached hydrogens (tertiary/aromatic N) is 1. The lowest BCUT2D eigenvalue weighted by molar-refractivity contribution is -0.122. The lowest BCUT2D eigenvalue weighted by Crippen LogP contribution is -2.54. The van der Waals surface area contributed by atoms with E-state index in [1.165, 1.54) is 31.3 Å². The number of carbonyl (C=O) groups excluding carboxylic acids is 3. The second-order valence-electron chi connectivity index (χ2n) is 7.85. The minimum absolute atomic E-state index is 0.00665. The van der Waals surface area contributed by atoms with Crippen molar-refractivity contribution in [2.75, 3.05) is 19.1 Å².